The Hall–Kier alpha value is -1.25. The zero-order valence-electron chi connectivity index (χ0n) is 11.5. The fourth-order valence-corrected chi connectivity index (χ4v) is 3.79. The van der Waals surface area contributed by atoms with Gasteiger partial charge in [-0.15, -0.1) is 0 Å². The Bertz CT molecular complexity index is 626. The highest BCUT2D eigenvalue weighted by Gasteiger charge is 2.24. The molecule has 116 valence electrons. The van der Waals surface area contributed by atoms with Crippen LogP contribution in [0.3, 0.4) is 0 Å². The van der Waals surface area contributed by atoms with Crippen LogP contribution in [0.2, 0.25) is 0 Å². The lowest BCUT2D eigenvalue weighted by molar-refractivity contribution is 0.427. The van der Waals surface area contributed by atoms with Crippen LogP contribution < -0.4 is 10.5 Å². The molecule has 1 fully saturated rings. The monoisotopic (exact) mass is 331 g/mol. The lowest BCUT2D eigenvalue weighted by Crippen LogP contribution is -2.37. The summed E-state index contributed by atoms with van der Waals surface area (Å²) in [5.74, 6) is -0.518. The molecule has 1 aromatic rings. The summed E-state index contributed by atoms with van der Waals surface area (Å²) in [5, 5.41) is 0. The summed E-state index contributed by atoms with van der Waals surface area (Å²) in [6, 6.07) is 3.63. The van der Waals surface area contributed by atoms with Crippen LogP contribution in [0.25, 0.3) is 0 Å². The molecule has 0 amide bonds. The molecule has 1 aliphatic heterocycles. The second kappa shape index (κ2) is 6.67. The van der Waals surface area contributed by atoms with Crippen molar-refractivity contribution in [3.05, 3.63) is 29.6 Å². The van der Waals surface area contributed by atoms with Crippen molar-refractivity contribution in [3.63, 3.8) is 0 Å². The summed E-state index contributed by atoms with van der Waals surface area (Å²) < 4.78 is 41.9. The van der Waals surface area contributed by atoms with Gasteiger partial charge in [-0.3, -0.25) is 4.72 Å². The van der Waals surface area contributed by atoms with Gasteiger partial charge in [-0.05, 0) is 31.0 Å². The Balaban J connectivity index is 2.25. The minimum absolute atomic E-state index is 0.0527. The van der Waals surface area contributed by atoms with Crippen molar-refractivity contribution >= 4 is 33.1 Å². The van der Waals surface area contributed by atoms with Gasteiger partial charge in [-0.2, -0.15) is 12.7 Å². The van der Waals surface area contributed by atoms with E-state index in [0.717, 1.165) is 31.7 Å². The van der Waals surface area contributed by atoms with Gasteiger partial charge in [-0.25, -0.2) is 4.39 Å². The molecule has 1 aromatic carbocycles. The van der Waals surface area contributed by atoms with Crippen molar-refractivity contribution in [1.29, 1.82) is 0 Å². The molecular formula is C13H18FN3O2S2. The summed E-state index contributed by atoms with van der Waals surface area (Å²) in [7, 11) is -3.68. The Labute approximate surface area is 129 Å². The molecule has 0 aliphatic carbocycles. The molecule has 21 heavy (non-hydrogen) atoms. The van der Waals surface area contributed by atoms with Crippen molar-refractivity contribution in [2.75, 3.05) is 17.8 Å². The number of nitrogens with two attached hydrogens (primary N) is 1. The second-order valence-electron chi connectivity index (χ2n) is 4.97. The van der Waals surface area contributed by atoms with Crippen molar-refractivity contribution in [2.24, 2.45) is 5.73 Å². The largest absolute Gasteiger partial charge is 0.389 e. The van der Waals surface area contributed by atoms with Crippen LogP contribution in [0, 0.1) is 5.82 Å². The minimum atomic E-state index is -3.68. The van der Waals surface area contributed by atoms with Crippen molar-refractivity contribution in [2.45, 2.75) is 25.7 Å². The Morgan fingerprint density at radius 3 is 2.43 bits per heavy atom. The first-order chi connectivity index (χ1) is 9.90. The third-order valence-electron chi connectivity index (χ3n) is 3.39. The first-order valence-electron chi connectivity index (χ1n) is 6.77. The van der Waals surface area contributed by atoms with Gasteiger partial charge in [0.2, 0.25) is 0 Å². The van der Waals surface area contributed by atoms with Gasteiger partial charge < -0.3 is 5.73 Å². The van der Waals surface area contributed by atoms with E-state index in [1.165, 1.54) is 16.4 Å². The minimum Gasteiger partial charge on any atom is -0.389 e. The van der Waals surface area contributed by atoms with E-state index in [-0.39, 0.29) is 16.2 Å². The lowest BCUT2D eigenvalue weighted by atomic mass is 10.2. The SMILES string of the molecule is NC(=S)c1cc(F)ccc1NS(=O)(=O)N1CCCCCC1. The van der Waals surface area contributed by atoms with Gasteiger partial charge in [0.1, 0.15) is 10.8 Å². The molecule has 0 bridgehead atoms. The van der Waals surface area contributed by atoms with E-state index < -0.39 is 16.0 Å². The molecule has 0 spiro atoms. The molecule has 1 heterocycles. The number of anilines is 1. The average Bonchev–Trinajstić information content (AvgIpc) is 2.70. The molecule has 0 atom stereocenters. The van der Waals surface area contributed by atoms with Crippen molar-refractivity contribution < 1.29 is 12.8 Å². The number of hydrogen-bond donors (Lipinski definition) is 2. The predicted octanol–water partition coefficient (Wildman–Crippen LogP) is 1.99. The lowest BCUT2D eigenvalue weighted by Gasteiger charge is -2.21. The molecule has 3 N–H and O–H groups in total. The van der Waals surface area contributed by atoms with E-state index in [4.69, 9.17) is 18.0 Å². The highest BCUT2D eigenvalue weighted by Crippen LogP contribution is 2.21. The average molecular weight is 331 g/mol. The highest BCUT2D eigenvalue weighted by atomic mass is 32.2. The quantitative estimate of drug-likeness (QED) is 0.828. The fraction of sp³-hybridized carbons (Fsp3) is 0.462. The normalized spacial score (nSPS) is 17.2. The molecule has 8 heteroatoms. The zero-order chi connectivity index (χ0) is 15.5. The van der Waals surface area contributed by atoms with Gasteiger partial charge in [0.15, 0.2) is 0 Å². The molecule has 5 nitrogen and oxygen atoms in total. The highest BCUT2D eigenvalue weighted by molar-refractivity contribution is 7.90. The molecule has 0 unspecified atom stereocenters. The van der Waals surface area contributed by atoms with Crippen LogP contribution in [0.5, 0.6) is 0 Å². The number of hydrogen-bond acceptors (Lipinski definition) is 3. The summed E-state index contributed by atoms with van der Waals surface area (Å²) in [5.41, 5.74) is 5.91. The first-order valence-corrected chi connectivity index (χ1v) is 8.62. The predicted molar refractivity (Wildman–Crippen MR) is 84.9 cm³/mol. The standard InChI is InChI=1S/C13H18FN3O2S2/c14-10-5-6-12(11(9-10)13(15)20)16-21(18,19)17-7-3-1-2-4-8-17/h5-6,9,16H,1-4,7-8H2,(H2,15,20). The van der Waals surface area contributed by atoms with Gasteiger partial charge in [0.25, 0.3) is 0 Å². The number of nitrogens with zero attached hydrogens (tertiary/aromatic N) is 1. The fourth-order valence-electron chi connectivity index (χ4n) is 2.29. The van der Waals surface area contributed by atoms with Crippen LogP contribution >= 0.6 is 12.2 Å². The molecule has 1 aliphatic rings. The summed E-state index contributed by atoms with van der Waals surface area (Å²) in [6.07, 6.45) is 3.74. The van der Waals surface area contributed by atoms with E-state index in [9.17, 15) is 12.8 Å². The number of rotatable bonds is 4. The number of halogens is 1. The molecule has 2 rings (SSSR count). The summed E-state index contributed by atoms with van der Waals surface area (Å²) in [4.78, 5) is -0.0527. The van der Waals surface area contributed by atoms with Crippen LogP contribution in [0.4, 0.5) is 10.1 Å². The summed E-state index contributed by atoms with van der Waals surface area (Å²) in [6.45, 7) is 0.970. The maximum atomic E-state index is 13.2. The molecule has 0 radical (unpaired) electrons. The van der Waals surface area contributed by atoms with E-state index in [2.05, 4.69) is 4.72 Å². The van der Waals surface area contributed by atoms with Crippen LogP contribution in [-0.2, 0) is 10.2 Å². The summed E-state index contributed by atoms with van der Waals surface area (Å²) >= 11 is 4.84. The maximum Gasteiger partial charge on any atom is 0.301 e. The maximum absolute atomic E-state index is 13.2. The van der Waals surface area contributed by atoms with E-state index >= 15 is 0 Å². The van der Waals surface area contributed by atoms with Gasteiger partial charge >= 0.3 is 10.2 Å². The molecule has 1 saturated heterocycles. The number of thiocarbonyl (C=S) groups is 1. The van der Waals surface area contributed by atoms with Crippen LogP contribution in [0.1, 0.15) is 31.2 Å². The van der Waals surface area contributed by atoms with E-state index in [0.29, 0.717) is 13.1 Å². The zero-order valence-corrected chi connectivity index (χ0v) is 13.1. The number of benzene rings is 1. The Morgan fingerprint density at radius 1 is 1.24 bits per heavy atom. The van der Waals surface area contributed by atoms with Crippen LogP contribution in [-0.4, -0.2) is 30.8 Å². The van der Waals surface area contributed by atoms with Crippen molar-refractivity contribution in [1.82, 2.24) is 4.31 Å². The van der Waals surface area contributed by atoms with Gasteiger partial charge in [0.05, 0.1) is 5.69 Å². The molecule has 0 saturated carbocycles. The van der Waals surface area contributed by atoms with Gasteiger partial charge in [0, 0.05) is 18.7 Å². The first kappa shape index (κ1) is 16.1. The Kier molecular flexibility index (Phi) is 5.13. The molecular weight excluding hydrogens is 313 g/mol. The Morgan fingerprint density at radius 2 is 1.86 bits per heavy atom. The van der Waals surface area contributed by atoms with Crippen molar-refractivity contribution in [3.8, 4) is 0 Å². The van der Waals surface area contributed by atoms with Crippen LogP contribution in [0.15, 0.2) is 18.2 Å². The third-order valence-corrected chi connectivity index (χ3v) is 5.13. The topological polar surface area (TPSA) is 75.4 Å². The smallest absolute Gasteiger partial charge is 0.301 e. The van der Waals surface area contributed by atoms with Gasteiger partial charge in [-0.1, -0.05) is 25.1 Å². The number of nitrogens with one attached hydrogen (secondary N) is 1. The third kappa shape index (κ3) is 4.12. The van der Waals surface area contributed by atoms with E-state index in [1.807, 2.05) is 0 Å². The van der Waals surface area contributed by atoms with E-state index in [1.54, 1.807) is 0 Å². The molecule has 0 aromatic heterocycles. The second-order valence-corrected chi connectivity index (χ2v) is 7.08.